The number of aliphatic carboxylic acids is 1. The molecular formula is C12H23NO2. The van der Waals surface area contributed by atoms with Gasteiger partial charge in [0, 0.05) is 6.04 Å². The summed E-state index contributed by atoms with van der Waals surface area (Å²) in [7, 11) is 0. The van der Waals surface area contributed by atoms with Crippen LogP contribution in [0, 0.1) is 5.41 Å². The molecule has 0 aromatic heterocycles. The molecule has 1 saturated heterocycles. The highest BCUT2D eigenvalue weighted by Crippen LogP contribution is 2.24. The number of rotatable bonds is 5. The normalized spacial score (nSPS) is 23.3. The predicted octanol–water partition coefficient (Wildman–Crippen LogP) is 2.36. The third kappa shape index (κ3) is 3.49. The van der Waals surface area contributed by atoms with Crippen molar-refractivity contribution < 1.29 is 9.90 Å². The summed E-state index contributed by atoms with van der Waals surface area (Å²) in [5, 5.41) is 8.97. The number of hydrogen-bond donors (Lipinski definition) is 1. The van der Waals surface area contributed by atoms with E-state index in [0.717, 1.165) is 19.4 Å². The number of hydrogen-bond acceptors (Lipinski definition) is 2. The zero-order valence-electron chi connectivity index (χ0n) is 10.1. The van der Waals surface area contributed by atoms with Crippen LogP contribution in [0.25, 0.3) is 0 Å². The molecule has 0 aromatic rings. The summed E-state index contributed by atoms with van der Waals surface area (Å²) in [6.07, 6.45) is 4.35. The summed E-state index contributed by atoms with van der Waals surface area (Å²) in [5.74, 6) is -0.683. The van der Waals surface area contributed by atoms with E-state index in [9.17, 15) is 4.79 Å². The molecule has 0 bridgehead atoms. The van der Waals surface area contributed by atoms with E-state index >= 15 is 0 Å². The van der Waals surface area contributed by atoms with Crippen LogP contribution in [0.1, 0.15) is 46.5 Å². The summed E-state index contributed by atoms with van der Waals surface area (Å²) in [5.41, 5.74) is -0.567. The number of nitrogens with zero attached hydrogens (tertiary/aromatic N) is 1. The molecule has 0 saturated carbocycles. The molecule has 15 heavy (non-hydrogen) atoms. The fourth-order valence-corrected chi connectivity index (χ4v) is 2.16. The average molecular weight is 213 g/mol. The zero-order valence-corrected chi connectivity index (χ0v) is 10.1. The van der Waals surface area contributed by atoms with Crippen LogP contribution < -0.4 is 0 Å². The molecule has 0 aromatic carbocycles. The van der Waals surface area contributed by atoms with Crippen molar-refractivity contribution in [2.24, 2.45) is 5.41 Å². The Morgan fingerprint density at radius 3 is 2.67 bits per heavy atom. The zero-order chi connectivity index (χ0) is 11.5. The van der Waals surface area contributed by atoms with Crippen LogP contribution in [0.5, 0.6) is 0 Å². The first-order valence-corrected chi connectivity index (χ1v) is 5.91. The van der Waals surface area contributed by atoms with Crippen molar-refractivity contribution in [2.45, 2.75) is 52.5 Å². The summed E-state index contributed by atoms with van der Waals surface area (Å²) in [4.78, 5) is 13.4. The van der Waals surface area contributed by atoms with Gasteiger partial charge in [-0.15, -0.1) is 0 Å². The van der Waals surface area contributed by atoms with Crippen LogP contribution in [0.15, 0.2) is 0 Å². The second-order valence-corrected chi connectivity index (χ2v) is 5.32. The average Bonchev–Trinajstić information content (AvgIpc) is 2.51. The Kier molecular flexibility index (Phi) is 4.14. The van der Waals surface area contributed by atoms with E-state index in [1.54, 1.807) is 0 Å². The molecule has 0 aliphatic carbocycles. The van der Waals surface area contributed by atoms with Gasteiger partial charge in [0.1, 0.15) is 0 Å². The Hall–Kier alpha value is -0.570. The molecule has 0 amide bonds. The van der Waals surface area contributed by atoms with Crippen LogP contribution in [0.4, 0.5) is 0 Å². The van der Waals surface area contributed by atoms with Crippen molar-refractivity contribution >= 4 is 5.97 Å². The molecule has 3 nitrogen and oxygen atoms in total. The second-order valence-electron chi connectivity index (χ2n) is 5.32. The van der Waals surface area contributed by atoms with Gasteiger partial charge in [0.05, 0.1) is 5.41 Å². The lowest BCUT2D eigenvalue weighted by Gasteiger charge is -2.24. The minimum atomic E-state index is -0.683. The van der Waals surface area contributed by atoms with Gasteiger partial charge in [-0.2, -0.15) is 0 Å². The van der Waals surface area contributed by atoms with Crippen molar-refractivity contribution in [1.29, 1.82) is 0 Å². The smallest absolute Gasteiger partial charge is 0.309 e. The van der Waals surface area contributed by atoms with Crippen molar-refractivity contribution in [1.82, 2.24) is 4.90 Å². The number of carbonyl (C=O) groups is 1. The van der Waals surface area contributed by atoms with Crippen LogP contribution >= 0.6 is 0 Å². The Balaban J connectivity index is 2.24. The molecule has 1 fully saturated rings. The lowest BCUT2D eigenvalue weighted by molar-refractivity contribution is -0.147. The maximum atomic E-state index is 10.9. The van der Waals surface area contributed by atoms with Gasteiger partial charge in [-0.05, 0) is 59.5 Å². The van der Waals surface area contributed by atoms with Crippen molar-refractivity contribution in [3.8, 4) is 0 Å². The third-order valence-electron chi connectivity index (χ3n) is 3.52. The molecule has 0 spiro atoms. The van der Waals surface area contributed by atoms with Crippen LogP contribution in [-0.4, -0.2) is 35.1 Å². The standard InChI is InChI=1S/C12H23NO2/c1-10-6-4-8-13(10)9-5-7-12(2,3)11(14)15/h10H,4-9H2,1-3H3,(H,14,15). The molecule has 1 N–H and O–H groups in total. The van der Waals surface area contributed by atoms with E-state index in [0.29, 0.717) is 6.04 Å². The van der Waals surface area contributed by atoms with E-state index in [1.165, 1.54) is 19.4 Å². The molecule has 88 valence electrons. The highest BCUT2D eigenvalue weighted by atomic mass is 16.4. The first-order chi connectivity index (χ1) is 6.93. The largest absolute Gasteiger partial charge is 0.481 e. The fraction of sp³-hybridized carbons (Fsp3) is 0.917. The van der Waals surface area contributed by atoms with Crippen molar-refractivity contribution in [3.63, 3.8) is 0 Å². The number of carboxylic acid groups (broad SMARTS) is 1. The Morgan fingerprint density at radius 2 is 2.20 bits per heavy atom. The Labute approximate surface area is 92.5 Å². The van der Waals surface area contributed by atoms with Gasteiger partial charge < -0.3 is 10.0 Å². The summed E-state index contributed by atoms with van der Waals surface area (Å²) < 4.78 is 0. The van der Waals surface area contributed by atoms with E-state index in [1.807, 2.05) is 13.8 Å². The molecule has 0 radical (unpaired) electrons. The van der Waals surface area contributed by atoms with Crippen molar-refractivity contribution in [2.75, 3.05) is 13.1 Å². The number of carboxylic acids is 1. The van der Waals surface area contributed by atoms with Gasteiger partial charge in [0.15, 0.2) is 0 Å². The Morgan fingerprint density at radius 1 is 1.53 bits per heavy atom. The van der Waals surface area contributed by atoms with E-state index < -0.39 is 11.4 Å². The molecule has 1 rings (SSSR count). The van der Waals surface area contributed by atoms with Gasteiger partial charge in [0.25, 0.3) is 0 Å². The maximum absolute atomic E-state index is 10.9. The maximum Gasteiger partial charge on any atom is 0.309 e. The van der Waals surface area contributed by atoms with E-state index in [-0.39, 0.29) is 0 Å². The van der Waals surface area contributed by atoms with Gasteiger partial charge in [-0.25, -0.2) is 0 Å². The van der Waals surface area contributed by atoms with E-state index in [2.05, 4.69) is 11.8 Å². The van der Waals surface area contributed by atoms with E-state index in [4.69, 9.17) is 5.11 Å². The second kappa shape index (κ2) is 4.97. The first-order valence-electron chi connectivity index (χ1n) is 5.91. The third-order valence-corrected chi connectivity index (χ3v) is 3.52. The van der Waals surface area contributed by atoms with Crippen LogP contribution in [-0.2, 0) is 4.79 Å². The molecule has 3 heteroatoms. The lowest BCUT2D eigenvalue weighted by Crippen LogP contribution is -2.30. The predicted molar refractivity (Wildman–Crippen MR) is 60.9 cm³/mol. The van der Waals surface area contributed by atoms with Crippen LogP contribution in [0.2, 0.25) is 0 Å². The topological polar surface area (TPSA) is 40.5 Å². The van der Waals surface area contributed by atoms with Gasteiger partial charge >= 0.3 is 5.97 Å². The van der Waals surface area contributed by atoms with Gasteiger partial charge in [-0.1, -0.05) is 0 Å². The quantitative estimate of drug-likeness (QED) is 0.762. The molecule has 1 aliphatic heterocycles. The summed E-state index contributed by atoms with van der Waals surface area (Å²) in [6.45, 7) is 8.12. The molecule has 1 unspecified atom stereocenters. The molecular weight excluding hydrogens is 190 g/mol. The molecule has 1 atom stereocenters. The highest BCUT2D eigenvalue weighted by molar-refractivity contribution is 5.73. The monoisotopic (exact) mass is 213 g/mol. The lowest BCUT2D eigenvalue weighted by atomic mass is 9.88. The number of likely N-dealkylation sites (tertiary alicyclic amines) is 1. The fourth-order valence-electron chi connectivity index (χ4n) is 2.16. The first kappa shape index (κ1) is 12.5. The highest BCUT2D eigenvalue weighted by Gasteiger charge is 2.27. The minimum Gasteiger partial charge on any atom is -0.481 e. The van der Waals surface area contributed by atoms with Gasteiger partial charge in [0.2, 0.25) is 0 Å². The molecule has 1 heterocycles. The summed E-state index contributed by atoms with van der Waals surface area (Å²) >= 11 is 0. The Bertz CT molecular complexity index is 226. The van der Waals surface area contributed by atoms with Gasteiger partial charge in [-0.3, -0.25) is 4.79 Å². The molecule has 1 aliphatic rings. The SMILES string of the molecule is CC1CCCN1CCCC(C)(C)C(=O)O. The van der Waals surface area contributed by atoms with Crippen LogP contribution in [0.3, 0.4) is 0 Å². The summed E-state index contributed by atoms with van der Waals surface area (Å²) in [6, 6.07) is 0.693. The minimum absolute atomic E-state index is 0.567. The van der Waals surface area contributed by atoms with Crippen molar-refractivity contribution in [3.05, 3.63) is 0 Å².